The summed E-state index contributed by atoms with van der Waals surface area (Å²) in [6.45, 7) is 2.22. The zero-order valence-corrected chi connectivity index (χ0v) is 13.8. The Balaban J connectivity index is 2.08. The Morgan fingerprint density at radius 2 is 1.96 bits per heavy atom. The van der Waals surface area contributed by atoms with E-state index in [-0.39, 0.29) is 19.3 Å². The summed E-state index contributed by atoms with van der Waals surface area (Å²) in [6, 6.07) is 15.5. The van der Waals surface area contributed by atoms with Crippen LogP contribution in [0.5, 0.6) is 5.75 Å². The molecule has 0 heterocycles. The van der Waals surface area contributed by atoms with E-state index in [1.165, 1.54) is 0 Å². The van der Waals surface area contributed by atoms with Crippen LogP contribution in [-0.4, -0.2) is 17.8 Å². The van der Waals surface area contributed by atoms with E-state index >= 15 is 0 Å². The Morgan fingerprint density at radius 1 is 1.21 bits per heavy atom. The molecule has 1 unspecified atom stereocenters. The lowest BCUT2D eigenvalue weighted by molar-refractivity contribution is 0.140. The fraction of sp³-hybridized carbons (Fsp3) is 0.316. The van der Waals surface area contributed by atoms with Gasteiger partial charge in [0.05, 0.1) is 13.2 Å². The van der Waals surface area contributed by atoms with E-state index < -0.39 is 6.09 Å². The number of primary amides is 1. The molecule has 128 valence electrons. The van der Waals surface area contributed by atoms with E-state index in [0.29, 0.717) is 12.8 Å². The van der Waals surface area contributed by atoms with Gasteiger partial charge < -0.3 is 20.3 Å². The summed E-state index contributed by atoms with van der Waals surface area (Å²) in [6.07, 6.45) is 0.429. The zero-order valence-electron chi connectivity index (χ0n) is 13.8. The minimum atomic E-state index is -0.762. The lowest BCUT2D eigenvalue weighted by Crippen LogP contribution is -2.15. The number of ether oxygens (including phenoxy) is 2. The summed E-state index contributed by atoms with van der Waals surface area (Å²) in [4.78, 5) is 10.7. The van der Waals surface area contributed by atoms with Gasteiger partial charge in [-0.3, -0.25) is 0 Å². The number of aliphatic hydroxyl groups excluding tert-OH is 1. The Bertz CT molecular complexity index is 658. The quantitative estimate of drug-likeness (QED) is 0.726. The van der Waals surface area contributed by atoms with E-state index in [2.05, 4.69) is 0 Å². The second-order valence-corrected chi connectivity index (χ2v) is 5.57. The van der Waals surface area contributed by atoms with Gasteiger partial charge in [0.15, 0.2) is 0 Å². The van der Waals surface area contributed by atoms with Gasteiger partial charge in [-0.05, 0) is 48.6 Å². The van der Waals surface area contributed by atoms with E-state index in [1.807, 2.05) is 55.5 Å². The molecule has 1 amide bonds. The largest absolute Gasteiger partial charge is 0.486 e. The average molecular weight is 329 g/mol. The average Bonchev–Trinajstić information content (AvgIpc) is 2.58. The monoisotopic (exact) mass is 329 g/mol. The molecule has 5 nitrogen and oxygen atoms in total. The molecule has 0 spiro atoms. The third-order valence-corrected chi connectivity index (χ3v) is 3.79. The van der Waals surface area contributed by atoms with Crippen LogP contribution in [0.3, 0.4) is 0 Å². The van der Waals surface area contributed by atoms with Gasteiger partial charge in [0, 0.05) is 0 Å². The highest BCUT2D eigenvalue weighted by Crippen LogP contribution is 2.27. The summed E-state index contributed by atoms with van der Waals surface area (Å²) >= 11 is 0. The predicted molar refractivity (Wildman–Crippen MR) is 91.7 cm³/mol. The maximum atomic E-state index is 10.7. The maximum absolute atomic E-state index is 10.7. The molecule has 2 aromatic rings. The summed E-state index contributed by atoms with van der Waals surface area (Å²) < 4.78 is 10.9. The summed E-state index contributed by atoms with van der Waals surface area (Å²) in [5, 5.41) is 9.26. The fourth-order valence-electron chi connectivity index (χ4n) is 2.49. The number of hydrogen-bond donors (Lipinski definition) is 2. The summed E-state index contributed by atoms with van der Waals surface area (Å²) in [5.74, 6) is 0.745. The number of carbonyl (C=O) groups excluding carboxylic acids is 1. The van der Waals surface area contributed by atoms with Crippen molar-refractivity contribution in [2.75, 3.05) is 6.61 Å². The van der Waals surface area contributed by atoms with Crippen LogP contribution in [-0.2, 0) is 11.3 Å². The molecule has 2 rings (SSSR count). The Morgan fingerprint density at radius 3 is 2.58 bits per heavy atom. The number of rotatable bonds is 8. The van der Waals surface area contributed by atoms with Crippen LogP contribution in [0.15, 0.2) is 48.5 Å². The minimum absolute atomic E-state index is 0.0126. The molecule has 0 aromatic heterocycles. The van der Waals surface area contributed by atoms with Crippen molar-refractivity contribution in [2.24, 2.45) is 5.73 Å². The van der Waals surface area contributed by atoms with Crippen LogP contribution in [0.25, 0.3) is 0 Å². The van der Waals surface area contributed by atoms with Gasteiger partial charge in [0.1, 0.15) is 11.9 Å². The lowest BCUT2D eigenvalue weighted by atomic mass is 10.0. The lowest BCUT2D eigenvalue weighted by Gasteiger charge is -2.20. The molecular weight excluding hydrogens is 306 g/mol. The van der Waals surface area contributed by atoms with Crippen LogP contribution in [0.1, 0.15) is 35.6 Å². The molecule has 0 saturated carbocycles. The van der Waals surface area contributed by atoms with Crippen molar-refractivity contribution < 1.29 is 19.4 Å². The Hall–Kier alpha value is -2.53. The van der Waals surface area contributed by atoms with Gasteiger partial charge in [0.2, 0.25) is 0 Å². The van der Waals surface area contributed by atoms with Crippen LogP contribution < -0.4 is 10.5 Å². The first-order valence-electron chi connectivity index (χ1n) is 7.94. The normalized spacial score (nSPS) is 11.8. The van der Waals surface area contributed by atoms with Crippen LogP contribution >= 0.6 is 0 Å². The van der Waals surface area contributed by atoms with E-state index in [4.69, 9.17) is 15.2 Å². The standard InChI is InChI=1S/C19H23NO4/c1-14-12-17(10-9-16(14)13-21)24-18(8-5-11-23-19(20)22)15-6-3-2-4-7-15/h2-4,6-7,9-10,12,18,21H,5,8,11,13H2,1H3,(H2,20,22). The van der Waals surface area contributed by atoms with E-state index in [9.17, 15) is 9.90 Å². The fourth-order valence-corrected chi connectivity index (χ4v) is 2.49. The zero-order chi connectivity index (χ0) is 17.4. The highest BCUT2D eigenvalue weighted by atomic mass is 16.5. The van der Waals surface area contributed by atoms with Crippen molar-refractivity contribution in [2.45, 2.75) is 32.5 Å². The molecule has 24 heavy (non-hydrogen) atoms. The van der Waals surface area contributed by atoms with Crippen LogP contribution in [0.2, 0.25) is 0 Å². The first-order chi connectivity index (χ1) is 11.6. The number of benzene rings is 2. The van der Waals surface area contributed by atoms with Gasteiger partial charge in [-0.15, -0.1) is 0 Å². The van der Waals surface area contributed by atoms with Gasteiger partial charge >= 0.3 is 6.09 Å². The van der Waals surface area contributed by atoms with E-state index in [0.717, 1.165) is 22.4 Å². The SMILES string of the molecule is Cc1cc(OC(CCCOC(N)=O)c2ccccc2)ccc1CO. The Labute approximate surface area is 142 Å². The molecule has 1 atom stereocenters. The smallest absolute Gasteiger partial charge is 0.404 e. The first kappa shape index (κ1) is 17.8. The number of hydrogen-bond acceptors (Lipinski definition) is 4. The summed E-state index contributed by atoms with van der Waals surface area (Å²) in [7, 11) is 0. The third kappa shape index (κ3) is 5.28. The molecule has 0 saturated heterocycles. The summed E-state index contributed by atoms with van der Waals surface area (Å²) in [5.41, 5.74) is 7.90. The molecule has 0 aliphatic carbocycles. The molecule has 0 radical (unpaired) electrons. The second kappa shape index (κ2) is 8.93. The van der Waals surface area contributed by atoms with Crippen LogP contribution in [0, 0.1) is 6.92 Å². The topological polar surface area (TPSA) is 81.8 Å². The number of carbonyl (C=O) groups is 1. The molecule has 0 aliphatic rings. The molecular formula is C19H23NO4. The number of nitrogens with two attached hydrogens (primary N) is 1. The highest BCUT2D eigenvalue weighted by molar-refractivity contribution is 5.64. The maximum Gasteiger partial charge on any atom is 0.404 e. The van der Waals surface area contributed by atoms with Gasteiger partial charge in [0.25, 0.3) is 0 Å². The van der Waals surface area contributed by atoms with Gasteiger partial charge in [-0.1, -0.05) is 36.4 Å². The van der Waals surface area contributed by atoms with Crippen molar-refractivity contribution in [3.63, 3.8) is 0 Å². The van der Waals surface area contributed by atoms with Gasteiger partial charge in [-0.25, -0.2) is 4.79 Å². The molecule has 2 aromatic carbocycles. The molecule has 3 N–H and O–H groups in total. The van der Waals surface area contributed by atoms with Crippen molar-refractivity contribution >= 4 is 6.09 Å². The van der Waals surface area contributed by atoms with Gasteiger partial charge in [-0.2, -0.15) is 0 Å². The molecule has 5 heteroatoms. The number of amides is 1. The molecule has 0 aliphatic heterocycles. The van der Waals surface area contributed by atoms with Crippen LogP contribution in [0.4, 0.5) is 4.79 Å². The minimum Gasteiger partial charge on any atom is -0.486 e. The van der Waals surface area contributed by atoms with Crippen molar-refractivity contribution in [1.29, 1.82) is 0 Å². The predicted octanol–water partition coefficient (Wildman–Crippen LogP) is 3.48. The first-order valence-corrected chi connectivity index (χ1v) is 7.94. The number of aliphatic hydroxyl groups is 1. The highest BCUT2D eigenvalue weighted by Gasteiger charge is 2.14. The Kier molecular flexibility index (Phi) is 6.63. The van der Waals surface area contributed by atoms with Crippen molar-refractivity contribution in [3.8, 4) is 5.75 Å². The van der Waals surface area contributed by atoms with Crippen molar-refractivity contribution in [1.82, 2.24) is 0 Å². The molecule has 0 fully saturated rings. The second-order valence-electron chi connectivity index (χ2n) is 5.57. The van der Waals surface area contributed by atoms with E-state index in [1.54, 1.807) is 0 Å². The third-order valence-electron chi connectivity index (χ3n) is 3.79. The molecule has 0 bridgehead atoms. The van der Waals surface area contributed by atoms with Crippen molar-refractivity contribution in [3.05, 3.63) is 65.2 Å². The number of aryl methyl sites for hydroxylation is 1.